The Hall–Kier alpha value is -2.04. The molecule has 2 fully saturated rings. The van der Waals surface area contributed by atoms with Crippen molar-refractivity contribution in [3.8, 4) is 5.75 Å². The summed E-state index contributed by atoms with van der Waals surface area (Å²) in [5.74, 6) is 0.982. The zero-order chi connectivity index (χ0) is 16.4. The monoisotopic (exact) mass is 316 g/mol. The molecule has 3 rings (SSSR count). The van der Waals surface area contributed by atoms with Crippen molar-refractivity contribution in [1.82, 2.24) is 10.2 Å². The van der Waals surface area contributed by atoms with Gasteiger partial charge in [-0.05, 0) is 37.5 Å². The lowest BCUT2D eigenvalue weighted by molar-refractivity contribution is -0.136. The van der Waals surface area contributed by atoms with E-state index in [4.69, 9.17) is 4.74 Å². The van der Waals surface area contributed by atoms with Crippen LogP contribution in [0.15, 0.2) is 18.2 Å². The summed E-state index contributed by atoms with van der Waals surface area (Å²) in [6, 6.07) is 5.91. The first-order valence-corrected chi connectivity index (χ1v) is 8.35. The minimum absolute atomic E-state index is 0.0171. The van der Waals surface area contributed by atoms with E-state index in [9.17, 15) is 9.59 Å². The van der Waals surface area contributed by atoms with E-state index >= 15 is 0 Å². The van der Waals surface area contributed by atoms with Gasteiger partial charge in [-0.2, -0.15) is 0 Å². The molecule has 0 spiro atoms. The molecule has 2 heterocycles. The fourth-order valence-corrected chi connectivity index (χ4v) is 3.23. The standard InChI is InChI=1S/C18H24N2O3/c1-12-3-4-13(2)16(11-12)23-14-7-9-20(10-8-14)18(22)15-5-6-17(21)19-15/h3-4,11,14-15H,5-10H2,1-2H3,(H,19,21)/t15-/m0/s1. The van der Waals surface area contributed by atoms with Gasteiger partial charge in [-0.25, -0.2) is 0 Å². The molecule has 1 atom stereocenters. The van der Waals surface area contributed by atoms with Gasteiger partial charge in [0.2, 0.25) is 11.8 Å². The Kier molecular flexibility index (Phi) is 4.55. The van der Waals surface area contributed by atoms with E-state index in [-0.39, 0.29) is 24.0 Å². The van der Waals surface area contributed by atoms with Crippen molar-refractivity contribution in [2.24, 2.45) is 0 Å². The van der Waals surface area contributed by atoms with Crippen LogP contribution in [-0.4, -0.2) is 41.9 Å². The Balaban J connectivity index is 1.53. The van der Waals surface area contributed by atoms with Crippen LogP contribution in [0.1, 0.15) is 36.8 Å². The number of benzene rings is 1. The Bertz CT molecular complexity index is 606. The molecule has 2 amide bonds. The van der Waals surface area contributed by atoms with E-state index in [1.807, 2.05) is 4.90 Å². The highest BCUT2D eigenvalue weighted by Gasteiger charge is 2.33. The van der Waals surface area contributed by atoms with Crippen molar-refractivity contribution < 1.29 is 14.3 Å². The summed E-state index contributed by atoms with van der Waals surface area (Å²) < 4.78 is 6.13. The maximum Gasteiger partial charge on any atom is 0.245 e. The van der Waals surface area contributed by atoms with Crippen molar-refractivity contribution in [2.75, 3.05) is 13.1 Å². The number of carbonyl (C=O) groups is 2. The van der Waals surface area contributed by atoms with Gasteiger partial charge in [-0.3, -0.25) is 9.59 Å². The Morgan fingerprint density at radius 1 is 1.22 bits per heavy atom. The summed E-state index contributed by atoms with van der Waals surface area (Å²) in [6.45, 7) is 5.50. The van der Waals surface area contributed by atoms with E-state index in [1.54, 1.807) is 0 Å². The van der Waals surface area contributed by atoms with Gasteiger partial charge in [-0.1, -0.05) is 12.1 Å². The van der Waals surface area contributed by atoms with Crippen LogP contribution in [0.25, 0.3) is 0 Å². The third-order valence-electron chi connectivity index (χ3n) is 4.68. The molecule has 2 aliphatic rings. The van der Waals surface area contributed by atoms with Gasteiger partial charge in [0.05, 0.1) is 0 Å². The average Bonchev–Trinajstić information content (AvgIpc) is 2.97. The number of rotatable bonds is 3. The molecule has 2 aliphatic heterocycles. The number of hydrogen-bond donors (Lipinski definition) is 1. The maximum absolute atomic E-state index is 12.4. The zero-order valence-corrected chi connectivity index (χ0v) is 13.8. The molecule has 1 aromatic carbocycles. The minimum atomic E-state index is -0.320. The van der Waals surface area contributed by atoms with Crippen molar-refractivity contribution in [3.05, 3.63) is 29.3 Å². The molecule has 1 aromatic rings. The number of hydrogen-bond acceptors (Lipinski definition) is 3. The summed E-state index contributed by atoms with van der Waals surface area (Å²) in [5, 5.41) is 2.75. The van der Waals surface area contributed by atoms with Crippen LogP contribution < -0.4 is 10.1 Å². The number of aryl methyl sites for hydroxylation is 2. The van der Waals surface area contributed by atoms with Crippen LogP contribution in [0.3, 0.4) is 0 Å². The molecule has 1 N–H and O–H groups in total. The Morgan fingerprint density at radius 2 is 1.96 bits per heavy atom. The van der Waals surface area contributed by atoms with E-state index < -0.39 is 0 Å². The largest absolute Gasteiger partial charge is 0.490 e. The summed E-state index contributed by atoms with van der Waals surface area (Å²) >= 11 is 0. The zero-order valence-electron chi connectivity index (χ0n) is 13.8. The highest BCUT2D eigenvalue weighted by Crippen LogP contribution is 2.24. The highest BCUT2D eigenvalue weighted by molar-refractivity contribution is 5.90. The molecule has 5 nitrogen and oxygen atoms in total. The van der Waals surface area contributed by atoms with Gasteiger partial charge < -0.3 is 15.0 Å². The van der Waals surface area contributed by atoms with Gasteiger partial charge in [-0.15, -0.1) is 0 Å². The number of ether oxygens (including phenoxy) is 1. The summed E-state index contributed by atoms with van der Waals surface area (Å²) in [4.78, 5) is 25.5. The SMILES string of the molecule is Cc1ccc(C)c(OC2CCN(C(=O)[C@@H]3CCC(=O)N3)CC2)c1. The van der Waals surface area contributed by atoms with Gasteiger partial charge in [0.1, 0.15) is 17.9 Å². The van der Waals surface area contributed by atoms with E-state index in [1.165, 1.54) is 5.56 Å². The van der Waals surface area contributed by atoms with Gasteiger partial charge >= 0.3 is 0 Å². The van der Waals surface area contributed by atoms with E-state index in [0.717, 1.165) is 24.2 Å². The van der Waals surface area contributed by atoms with Crippen LogP contribution >= 0.6 is 0 Å². The molecule has 0 aromatic heterocycles. The number of piperidine rings is 1. The second-order valence-electron chi connectivity index (χ2n) is 6.57. The number of nitrogens with zero attached hydrogens (tertiary/aromatic N) is 1. The van der Waals surface area contributed by atoms with Crippen molar-refractivity contribution in [3.63, 3.8) is 0 Å². The molecular formula is C18H24N2O3. The Labute approximate surface area is 137 Å². The molecule has 0 bridgehead atoms. The van der Waals surface area contributed by atoms with Crippen LogP contribution in [0.2, 0.25) is 0 Å². The molecule has 0 unspecified atom stereocenters. The van der Waals surface area contributed by atoms with Gasteiger partial charge in [0, 0.05) is 32.4 Å². The highest BCUT2D eigenvalue weighted by atomic mass is 16.5. The van der Waals surface area contributed by atoms with Crippen molar-refractivity contribution in [2.45, 2.75) is 51.7 Å². The first-order valence-electron chi connectivity index (χ1n) is 8.35. The number of carbonyl (C=O) groups excluding carboxylic acids is 2. The first-order chi connectivity index (χ1) is 11.0. The number of amides is 2. The predicted octanol–water partition coefficient (Wildman–Crippen LogP) is 1.95. The molecule has 0 saturated carbocycles. The van der Waals surface area contributed by atoms with Crippen molar-refractivity contribution in [1.29, 1.82) is 0 Å². The van der Waals surface area contributed by atoms with Gasteiger partial charge in [0.25, 0.3) is 0 Å². The lowest BCUT2D eigenvalue weighted by atomic mass is 10.1. The smallest absolute Gasteiger partial charge is 0.245 e. The van der Waals surface area contributed by atoms with Crippen LogP contribution in [0.4, 0.5) is 0 Å². The molecular weight excluding hydrogens is 292 g/mol. The fourth-order valence-electron chi connectivity index (χ4n) is 3.23. The Morgan fingerprint density at radius 3 is 2.61 bits per heavy atom. The third kappa shape index (κ3) is 3.66. The molecule has 0 radical (unpaired) electrons. The first kappa shape index (κ1) is 15.8. The summed E-state index contributed by atoms with van der Waals surface area (Å²) in [6.07, 6.45) is 2.90. The molecule has 2 saturated heterocycles. The van der Waals surface area contributed by atoms with Crippen LogP contribution in [0, 0.1) is 13.8 Å². The molecule has 0 aliphatic carbocycles. The summed E-state index contributed by atoms with van der Waals surface area (Å²) in [7, 11) is 0. The second-order valence-corrected chi connectivity index (χ2v) is 6.57. The minimum Gasteiger partial charge on any atom is -0.490 e. The summed E-state index contributed by atoms with van der Waals surface area (Å²) in [5.41, 5.74) is 2.33. The quantitative estimate of drug-likeness (QED) is 0.927. The number of likely N-dealkylation sites (tertiary alicyclic amines) is 1. The normalized spacial score (nSPS) is 22.1. The average molecular weight is 316 g/mol. The van der Waals surface area contributed by atoms with Crippen molar-refractivity contribution >= 4 is 11.8 Å². The maximum atomic E-state index is 12.4. The lowest BCUT2D eigenvalue weighted by Gasteiger charge is -2.33. The predicted molar refractivity (Wildman–Crippen MR) is 87.3 cm³/mol. The number of nitrogens with one attached hydrogen (secondary N) is 1. The fraction of sp³-hybridized carbons (Fsp3) is 0.556. The van der Waals surface area contributed by atoms with Gasteiger partial charge in [0.15, 0.2) is 0 Å². The molecule has 23 heavy (non-hydrogen) atoms. The molecule has 124 valence electrons. The third-order valence-corrected chi connectivity index (χ3v) is 4.68. The second kappa shape index (κ2) is 6.60. The lowest BCUT2D eigenvalue weighted by Crippen LogP contribution is -2.49. The van der Waals surface area contributed by atoms with E-state index in [0.29, 0.717) is 25.9 Å². The van der Waals surface area contributed by atoms with Crippen LogP contribution in [0.5, 0.6) is 5.75 Å². The topological polar surface area (TPSA) is 58.6 Å². The van der Waals surface area contributed by atoms with Crippen LogP contribution in [-0.2, 0) is 9.59 Å². The molecule has 5 heteroatoms. The van der Waals surface area contributed by atoms with E-state index in [2.05, 4.69) is 37.4 Å².